The summed E-state index contributed by atoms with van der Waals surface area (Å²) in [7, 11) is 0. The highest BCUT2D eigenvalue weighted by Gasteiger charge is 2.49. The van der Waals surface area contributed by atoms with Crippen molar-refractivity contribution in [3.05, 3.63) is 110 Å². The minimum Gasteiger partial charge on any atom is -0.505 e. The first-order valence-corrected chi connectivity index (χ1v) is 15.1. The van der Waals surface area contributed by atoms with Crippen LogP contribution in [0, 0.1) is 6.92 Å². The van der Waals surface area contributed by atoms with E-state index < -0.39 is 17.7 Å². The number of aliphatic hydroxyl groups excluding tert-OH is 1. The van der Waals surface area contributed by atoms with Crippen molar-refractivity contribution >= 4 is 86.1 Å². The van der Waals surface area contributed by atoms with Crippen LogP contribution in [-0.4, -0.2) is 36.4 Å². The molecule has 6 rings (SSSR count). The third kappa shape index (κ3) is 5.11. The summed E-state index contributed by atoms with van der Waals surface area (Å²) in [6.45, 7) is 1.72. The number of fused-ring (bicyclic) bond motifs is 1. The Morgan fingerprint density at radius 1 is 1.02 bits per heavy atom. The first-order valence-electron chi connectivity index (χ1n) is 12.1. The molecule has 1 unspecified atom stereocenters. The molecule has 0 radical (unpaired) electrons. The van der Waals surface area contributed by atoms with Crippen molar-refractivity contribution in [2.45, 2.75) is 23.1 Å². The second-order valence-electron chi connectivity index (χ2n) is 9.08. The number of imidazole rings is 1. The monoisotopic (exact) mass is 641 g/mol. The lowest BCUT2D eigenvalue weighted by atomic mass is 9.96. The Balaban J connectivity index is 1.45. The molecule has 1 N–H and O–H groups in total. The van der Waals surface area contributed by atoms with Gasteiger partial charge >= 0.3 is 5.91 Å². The molecular formula is C28H18Cl3N5O3S2. The maximum absolute atomic E-state index is 13.6. The zero-order valence-corrected chi connectivity index (χ0v) is 25.0. The zero-order chi connectivity index (χ0) is 28.8. The Morgan fingerprint density at radius 3 is 2.56 bits per heavy atom. The number of nitrogens with zero attached hydrogens (tertiary/aromatic N) is 5. The van der Waals surface area contributed by atoms with Gasteiger partial charge in [0.05, 0.1) is 27.4 Å². The lowest BCUT2D eigenvalue weighted by Crippen LogP contribution is -2.29. The van der Waals surface area contributed by atoms with E-state index in [0.717, 1.165) is 5.56 Å². The molecule has 1 aliphatic heterocycles. The van der Waals surface area contributed by atoms with E-state index in [1.807, 2.05) is 30.3 Å². The van der Waals surface area contributed by atoms with Crippen LogP contribution in [0.25, 0.3) is 11.4 Å². The van der Waals surface area contributed by atoms with Crippen molar-refractivity contribution < 1.29 is 14.7 Å². The van der Waals surface area contributed by atoms with Gasteiger partial charge in [0.15, 0.2) is 10.1 Å². The maximum Gasteiger partial charge on any atom is 0.301 e. The highest BCUT2D eigenvalue weighted by atomic mass is 35.5. The molecule has 0 saturated carbocycles. The van der Waals surface area contributed by atoms with Crippen molar-refractivity contribution in [2.24, 2.45) is 0 Å². The van der Waals surface area contributed by atoms with Gasteiger partial charge in [-0.05, 0) is 54.4 Å². The highest BCUT2D eigenvalue weighted by Crippen LogP contribution is 2.45. The fourth-order valence-electron chi connectivity index (χ4n) is 4.64. The number of amides is 1. The lowest BCUT2D eigenvalue weighted by molar-refractivity contribution is -0.132. The first-order chi connectivity index (χ1) is 19.7. The van der Waals surface area contributed by atoms with E-state index in [9.17, 15) is 14.7 Å². The molecule has 0 bridgehead atoms. The molecule has 1 aliphatic rings. The second-order valence-corrected chi connectivity index (χ2v) is 12.5. The third-order valence-corrected chi connectivity index (χ3v) is 9.63. The second kappa shape index (κ2) is 11.1. The van der Waals surface area contributed by atoms with Gasteiger partial charge in [-0.2, -0.15) is 0 Å². The number of aromatic nitrogens is 4. The van der Waals surface area contributed by atoms with E-state index in [4.69, 9.17) is 34.8 Å². The molecule has 8 nitrogen and oxygen atoms in total. The number of carbonyl (C=O) groups is 2. The number of Topliss-reactive ketones (excluding diaryl/α,β-unsaturated/α-hetero) is 1. The van der Waals surface area contributed by atoms with E-state index in [-0.39, 0.29) is 21.5 Å². The van der Waals surface area contributed by atoms with Crippen molar-refractivity contribution in [2.75, 3.05) is 4.90 Å². The van der Waals surface area contributed by atoms with Crippen molar-refractivity contribution in [3.63, 3.8) is 0 Å². The van der Waals surface area contributed by atoms with Gasteiger partial charge in [-0.25, -0.2) is 4.98 Å². The molecule has 5 aromatic rings. The fraction of sp³-hybridized carbons (Fsp3) is 0.107. The molecule has 1 fully saturated rings. The van der Waals surface area contributed by atoms with Gasteiger partial charge < -0.3 is 5.11 Å². The summed E-state index contributed by atoms with van der Waals surface area (Å²) in [6, 6.07) is 16.6. The predicted octanol–water partition coefficient (Wildman–Crippen LogP) is 7.37. The number of halogens is 3. The molecule has 206 valence electrons. The number of thioether (sulfide) groups is 1. The molecule has 3 aromatic heterocycles. The maximum atomic E-state index is 13.6. The number of carbonyl (C=O) groups excluding carboxylic acids is 2. The molecule has 2 aromatic carbocycles. The van der Waals surface area contributed by atoms with E-state index in [1.54, 1.807) is 47.9 Å². The fourth-order valence-corrected chi connectivity index (χ4v) is 6.89. The number of hydrogen-bond acceptors (Lipinski definition) is 8. The average Bonchev–Trinajstić information content (AvgIpc) is 3.63. The molecule has 13 heteroatoms. The van der Waals surface area contributed by atoms with Crippen LogP contribution in [0.2, 0.25) is 15.1 Å². The number of rotatable bonds is 6. The van der Waals surface area contributed by atoms with Gasteiger partial charge in [0.1, 0.15) is 11.3 Å². The molecule has 41 heavy (non-hydrogen) atoms. The standard InChI is InChI=1S/C28H18Cl3N5O3S2/c1-14-22(35-11-3-2-4-20(35)32-14)24(37)21-23(16-7-10-18(30)19(31)12-16)36(26(39)25(21)38)27-33-34-28(41-27)40-13-15-5-8-17(29)9-6-15/h2-12,23,37H,13H2,1H3/b24-21+. The van der Waals surface area contributed by atoms with Crippen LogP contribution >= 0.6 is 57.9 Å². The molecule has 1 amide bonds. The summed E-state index contributed by atoms with van der Waals surface area (Å²) in [4.78, 5) is 32.9. The van der Waals surface area contributed by atoms with Crippen LogP contribution in [-0.2, 0) is 15.3 Å². The number of pyridine rings is 1. The Morgan fingerprint density at radius 2 is 1.80 bits per heavy atom. The number of aryl methyl sites for hydroxylation is 1. The first kappa shape index (κ1) is 27.7. The van der Waals surface area contributed by atoms with E-state index in [1.165, 1.54) is 28.0 Å². The highest BCUT2D eigenvalue weighted by molar-refractivity contribution is 8.00. The van der Waals surface area contributed by atoms with Gasteiger partial charge in [-0.1, -0.05) is 82.2 Å². The summed E-state index contributed by atoms with van der Waals surface area (Å²) in [5.74, 6) is -1.47. The number of aliphatic hydroxyl groups is 1. The quantitative estimate of drug-likeness (QED) is 0.0678. The van der Waals surface area contributed by atoms with Crippen LogP contribution < -0.4 is 4.90 Å². The van der Waals surface area contributed by atoms with E-state index in [0.29, 0.717) is 42.7 Å². The smallest absolute Gasteiger partial charge is 0.301 e. The topological polar surface area (TPSA) is 101 Å². The number of benzene rings is 2. The van der Waals surface area contributed by atoms with Crippen LogP contribution in [0.3, 0.4) is 0 Å². The molecular weight excluding hydrogens is 625 g/mol. The summed E-state index contributed by atoms with van der Waals surface area (Å²) in [6.07, 6.45) is 1.73. The van der Waals surface area contributed by atoms with Crippen LogP contribution in [0.1, 0.15) is 28.6 Å². The molecule has 0 spiro atoms. The number of ketones is 1. The predicted molar refractivity (Wildman–Crippen MR) is 162 cm³/mol. The minimum atomic E-state index is -1.04. The Kier molecular flexibility index (Phi) is 7.52. The number of hydrogen-bond donors (Lipinski definition) is 1. The van der Waals surface area contributed by atoms with Gasteiger partial charge in [-0.3, -0.25) is 18.9 Å². The summed E-state index contributed by atoms with van der Waals surface area (Å²) in [5, 5.41) is 21.5. The van der Waals surface area contributed by atoms with Gasteiger partial charge in [0.25, 0.3) is 5.78 Å². The minimum absolute atomic E-state index is 0.118. The van der Waals surface area contributed by atoms with Crippen LogP contribution in [0.5, 0.6) is 0 Å². The van der Waals surface area contributed by atoms with Crippen molar-refractivity contribution in [1.82, 2.24) is 19.6 Å². The summed E-state index contributed by atoms with van der Waals surface area (Å²) < 4.78 is 2.27. The third-order valence-electron chi connectivity index (χ3n) is 6.51. The van der Waals surface area contributed by atoms with Gasteiger partial charge in [-0.15, -0.1) is 10.2 Å². The zero-order valence-electron chi connectivity index (χ0n) is 21.1. The molecule has 4 heterocycles. The Labute approximate surface area is 257 Å². The summed E-state index contributed by atoms with van der Waals surface area (Å²) in [5.41, 5.74) is 2.77. The average molecular weight is 643 g/mol. The van der Waals surface area contributed by atoms with Crippen molar-refractivity contribution in [3.8, 4) is 0 Å². The summed E-state index contributed by atoms with van der Waals surface area (Å²) >= 11 is 21.1. The number of anilines is 1. The van der Waals surface area contributed by atoms with Crippen LogP contribution in [0.4, 0.5) is 5.13 Å². The largest absolute Gasteiger partial charge is 0.505 e. The molecule has 1 atom stereocenters. The van der Waals surface area contributed by atoms with Crippen molar-refractivity contribution in [1.29, 1.82) is 0 Å². The van der Waals surface area contributed by atoms with Gasteiger partial charge in [0, 0.05) is 17.0 Å². The lowest BCUT2D eigenvalue weighted by Gasteiger charge is -2.22. The molecule has 1 saturated heterocycles. The SMILES string of the molecule is Cc1nc2ccccn2c1/C(O)=C1\C(=O)C(=O)N(c2nnc(SCc3ccc(Cl)cc3)s2)C1c1ccc(Cl)c(Cl)c1. The Hall–Kier alpha value is -3.41. The van der Waals surface area contributed by atoms with Gasteiger partial charge in [0.2, 0.25) is 5.13 Å². The molecule has 0 aliphatic carbocycles. The normalized spacial score (nSPS) is 16.7. The van der Waals surface area contributed by atoms with Crippen LogP contribution in [0.15, 0.2) is 76.8 Å². The van der Waals surface area contributed by atoms with E-state index >= 15 is 0 Å². The van der Waals surface area contributed by atoms with E-state index in [2.05, 4.69) is 15.2 Å². The Bertz CT molecular complexity index is 1870.